The number of nitrogens with two attached hydrogens (primary N) is 1. The lowest BCUT2D eigenvalue weighted by molar-refractivity contribution is 0.0724. The van der Waals surface area contributed by atoms with E-state index in [1.54, 1.807) is 36.4 Å². The number of aryl methyl sites for hydroxylation is 1. The van der Waals surface area contributed by atoms with Crippen molar-refractivity contribution in [2.75, 3.05) is 14.2 Å². The highest BCUT2D eigenvalue weighted by Crippen LogP contribution is 2.49. The molecule has 9 nitrogen and oxygen atoms in total. The van der Waals surface area contributed by atoms with Crippen LogP contribution in [0.5, 0.6) is 23.1 Å². The van der Waals surface area contributed by atoms with Crippen molar-refractivity contribution in [1.82, 2.24) is 10.2 Å². The molecule has 0 bridgehead atoms. The summed E-state index contributed by atoms with van der Waals surface area (Å²) in [7, 11) is 2.91. The molecule has 3 aromatic carbocycles. The van der Waals surface area contributed by atoms with Gasteiger partial charge in [-0.05, 0) is 36.8 Å². The second kappa shape index (κ2) is 10.0. The third-order valence-corrected chi connectivity index (χ3v) is 6.30. The predicted octanol–water partition coefficient (Wildman–Crippen LogP) is 4.84. The van der Waals surface area contributed by atoms with E-state index in [0.717, 1.165) is 11.1 Å². The monoisotopic (exact) mass is 508 g/mol. The quantitative estimate of drug-likeness (QED) is 0.279. The summed E-state index contributed by atoms with van der Waals surface area (Å²) in [5.41, 5.74) is 10.6. The van der Waals surface area contributed by atoms with Crippen LogP contribution in [0.4, 0.5) is 0 Å². The molecule has 0 saturated carbocycles. The van der Waals surface area contributed by atoms with Gasteiger partial charge in [-0.1, -0.05) is 48.0 Å². The number of hydrogen-bond donors (Lipinski definition) is 2. The molecular weight excluding hydrogens is 484 g/mol. The van der Waals surface area contributed by atoms with Gasteiger partial charge < -0.3 is 24.7 Å². The Kier molecular flexibility index (Phi) is 6.46. The molecule has 1 aliphatic rings. The van der Waals surface area contributed by atoms with Gasteiger partial charge in [-0.15, -0.1) is 5.10 Å². The molecular formula is C29H24N4O5. The van der Waals surface area contributed by atoms with Gasteiger partial charge in [-0.3, -0.25) is 5.10 Å². The molecule has 0 fully saturated rings. The molecule has 0 radical (unpaired) electrons. The summed E-state index contributed by atoms with van der Waals surface area (Å²) in [5.74, 6) is -0.423. The largest absolute Gasteiger partial charge is 0.493 e. The molecule has 2 heterocycles. The molecule has 9 heteroatoms. The number of benzene rings is 3. The number of nitrogens with zero attached hydrogens (tertiary/aromatic N) is 2. The van der Waals surface area contributed by atoms with Crippen LogP contribution in [-0.2, 0) is 0 Å². The summed E-state index contributed by atoms with van der Waals surface area (Å²) < 4.78 is 22.6. The summed E-state index contributed by atoms with van der Waals surface area (Å²) in [6, 6.07) is 22.0. The number of allylic oxidation sites excluding steroid dienone is 1. The van der Waals surface area contributed by atoms with Crippen molar-refractivity contribution in [3.05, 3.63) is 100 Å². The second-order valence-corrected chi connectivity index (χ2v) is 8.62. The Morgan fingerprint density at radius 3 is 2.32 bits per heavy atom. The predicted molar refractivity (Wildman–Crippen MR) is 139 cm³/mol. The molecule has 5 rings (SSSR count). The van der Waals surface area contributed by atoms with Gasteiger partial charge in [0.15, 0.2) is 11.5 Å². The molecule has 1 atom stereocenters. The Balaban J connectivity index is 1.65. The molecule has 3 N–H and O–H groups in total. The van der Waals surface area contributed by atoms with Crippen LogP contribution in [0.25, 0.3) is 11.3 Å². The van der Waals surface area contributed by atoms with Gasteiger partial charge in [-0.2, -0.15) is 5.26 Å². The number of ether oxygens (including phenoxy) is 4. The average Bonchev–Trinajstić information content (AvgIpc) is 3.36. The lowest BCUT2D eigenvalue weighted by Gasteiger charge is -2.25. The van der Waals surface area contributed by atoms with Crippen molar-refractivity contribution in [2.45, 2.75) is 12.8 Å². The Morgan fingerprint density at radius 2 is 1.71 bits per heavy atom. The minimum atomic E-state index is -0.666. The number of nitrogens with one attached hydrogen (secondary N) is 1. The maximum atomic E-state index is 12.8. The first-order chi connectivity index (χ1) is 18.4. The highest BCUT2D eigenvalue weighted by Gasteiger charge is 2.37. The third-order valence-electron chi connectivity index (χ3n) is 6.30. The number of esters is 1. The van der Waals surface area contributed by atoms with Crippen molar-refractivity contribution in [3.63, 3.8) is 0 Å². The third kappa shape index (κ3) is 4.29. The lowest BCUT2D eigenvalue weighted by Crippen LogP contribution is -2.21. The highest BCUT2D eigenvalue weighted by molar-refractivity contribution is 5.91. The highest BCUT2D eigenvalue weighted by atomic mass is 16.6. The fourth-order valence-corrected chi connectivity index (χ4v) is 4.41. The Morgan fingerprint density at radius 1 is 1.05 bits per heavy atom. The maximum Gasteiger partial charge on any atom is 0.343 e. The van der Waals surface area contributed by atoms with E-state index in [1.165, 1.54) is 14.2 Å². The van der Waals surface area contributed by atoms with Crippen molar-refractivity contribution in [1.29, 1.82) is 5.26 Å². The van der Waals surface area contributed by atoms with Crippen LogP contribution >= 0.6 is 0 Å². The number of hydrogen-bond acceptors (Lipinski definition) is 8. The van der Waals surface area contributed by atoms with Gasteiger partial charge in [-0.25, -0.2) is 4.79 Å². The number of H-pyrrole nitrogens is 1. The number of carbonyl (C=O) groups excluding carboxylic acids is 1. The summed E-state index contributed by atoms with van der Waals surface area (Å²) in [4.78, 5) is 12.8. The summed E-state index contributed by atoms with van der Waals surface area (Å²) >= 11 is 0. The number of carbonyl (C=O) groups is 1. The van der Waals surface area contributed by atoms with Crippen LogP contribution in [0.1, 0.15) is 33.0 Å². The number of methoxy groups -OCH3 is 2. The van der Waals surface area contributed by atoms with E-state index in [1.807, 2.05) is 37.3 Å². The summed E-state index contributed by atoms with van der Waals surface area (Å²) in [5, 5.41) is 17.4. The van der Waals surface area contributed by atoms with E-state index >= 15 is 0 Å². The topological polar surface area (TPSA) is 132 Å². The normalized spacial score (nSPS) is 14.2. The van der Waals surface area contributed by atoms with E-state index in [9.17, 15) is 10.1 Å². The molecule has 1 unspecified atom stereocenters. The number of aromatic nitrogens is 2. The molecule has 0 spiro atoms. The molecule has 0 amide bonds. The maximum absolute atomic E-state index is 12.8. The molecule has 1 aromatic heterocycles. The SMILES string of the molecule is COc1cc(C2C(C#N)=C(N)Oc3n[nH]c(-c4ccc(C)cc4)c32)cc(OC)c1OC(=O)c1ccccc1. The zero-order valence-corrected chi connectivity index (χ0v) is 20.9. The van der Waals surface area contributed by atoms with Crippen LogP contribution in [0.2, 0.25) is 0 Å². The van der Waals surface area contributed by atoms with Crippen molar-refractivity contribution >= 4 is 5.97 Å². The summed E-state index contributed by atoms with van der Waals surface area (Å²) in [6.07, 6.45) is 0. The first-order valence-electron chi connectivity index (χ1n) is 11.7. The van der Waals surface area contributed by atoms with Crippen molar-refractivity contribution in [2.24, 2.45) is 5.73 Å². The number of nitriles is 1. The van der Waals surface area contributed by atoms with Crippen LogP contribution in [-0.4, -0.2) is 30.4 Å². The van der Waals surface area contributed by atoms with E-state index in [-0.39, 0.29) is 34.6 Å². The average molecular weight is 509 g/mol. The minimum Gasteiger partial charge on any atom is -0.493 e. The molecule has 1 aliphatic heterocycles. The van der Waals surface area contributed by atoms with Gasteiger partial charge in [0.2, 0.25) is 17.5 Å². The van der Waals surface area contributed by atoms with E-state index in [2.05, 4.69) is 16.3 Å². The Bertz CT molecular complexity index is 1560. The van der Waals surface area contributed by atoms with Gasteiger partial charge in [0.1, 0.15) is 11.6 Å². The molecule has 38 heavy (non-hydrogen) atoms. The van der Waals surface area contributed by atoms with Gasteiger partial charge in [0.05, 0.1) is 37.0 Å². The number of rotatable bonds is 6. The van der Waals surface area contributed by atoms with Crippen molar-refractivity contribution in [3.8, 4) is 40.5 Å². The van der Waals surface area contributed by atoms with E-state index < -0.39 is 11.9 Å². The summed E-state index contributed by atoms with van der Waals surface area (Å²) in [6.45, 7) is 2.00. The van der Waals surface area contributed by atoms with Crippen LogP contribution in [0, 0.1) is 18.3 Å². The van der Waals surface area contributed by atoms with Crippen LogP contribution in [0.3, 0.4) is 0 Å². The number of aromatic amines is 1. The Hall–Kier alpha value is -5.23. The molecule has 4 aromatic rings. The fourth-order valence-electron chi connectivity index (χ4n) is 4.41. The van der Waals surface area contributed by atoms with Gasteiger partial charge in [0, 0.05) is 5.56 Å². The molecule has 0 aliphatic carbocycles. The Labute approximate surface area is 219 Å². The first kappa shape index (κ1) is 24.5. The van der Waals surface area contributed by atoms with Crippen molar-refractivity contribution < 1.29 is 23.7 Å². The van der Waals surface area contributed by atoms with Crippen LogP contribution < -0.4 is 24.7 Å². The first-order valence-corrected chi connectivity index (χ1v) is 11.7. The van der Waals surface area contributed by atoms with Gasteiger partial charge >= 0.3 is 5.97 Å². The second-order valence-electron chi connectivity index (χ2n) is 8.62. The molecule has 190 valence electrons. The van der Waals surface area contributed by atoms with Gasteiger partial charge in [0.25, 0.3) is 0 Å². The number of fused-ring (bicyclic) bond motifs is 1. The molecule has 0 saturated heterocycles. The fraction of sp³-hybridized carbons (Fsp3) is 0.138. The standard InChI is InChI=1S/C29H24N4O5/c1-16-9-11-17(12-10-16)25-24-23(20(15-30)27(31)38-28(24)33-32-25)19-13-21(35-2)26(22(14-19)36-3)37-29(34)18-7-5-4-6-8-18/h4-14,23H,31H2,1-3H3,(H,32,33). The van der Waals surface area contributed by atoms with Crippen LogP contribution in [0.15, 0.2) is 78.2 Å². The smallest absolute Gasteiger partial charge is 0.343 e. The zero-order valence-electron chi connectivity index (χ0n) is 20.9. The minimum absolute atomic E-state index is 0.0514. The zero-order chi connectivity index (χ0) is 26.8. The lowest BCUT2D eigenvalue weighted by atomic mass is 9.82. The van der Waals surface area contributed by atoms with E-state index in [4.69, 9.17) is 24.7 Å². The van der Waals surface area contributed by atoms with E-state index in [0.29, 0.717) is 22.4 Å².